The third-order valence-corrected chi connectivity index (χ3v) is 3.33. The number of hydrogen-bond donors (Lipinski definition) is 2. The molecule has 0 aliphatic rings. The number of nitro benzene ring substituents is 1. The van der Waals surface area contributed by atoms with Gasteiger partial charge in [-0.3, -0.25) is 10.1 Å². The SMILES string of the molecule is CC(C)C(O)CNc1ccc([N+](=O)[O-])cc1I. The van der Waals surface area contributed by atoms with E-state index in [0.29, 0.717) is 6.54 Å². The maximum Gasteiger partial charge on any atom is 0.270 e. The van der Waals surface area contributed by atoms with Crippen LogP contribution in [0.2, 0.25) is 0 Å². The summed E-state index contributed by atoms with van der Waals surface area (Å²) in [6, 6.07) is 4.61. The van der Waals surface area contributed by atoms with E-state index in [9.17, 15) is 15.2 Å². The first-order valence-corrected chi connectivity index (χ1v) is 6.35. The van der Waals surface area contributed by atoms with Crippen molar-refractivity contribution in [3.8, 4) is 0 Å². The lowest BCUT2D eigenvalue weighted by Crippen LogP contribution is -2.25. The Kier molecular flexibility index (Phi) is 5.13. The van der Waals surface area contributed by atoms with Crippen molar-refractivity contribution in [3.05, 3.63) is 31.9 Å². The molecule has 1 unspecified atom stereocenters. The highest BCUT2D eigenvalue weighted by Gasteiger charge is 2.11. The van der Waals surface area contributed by atoms with Gasteiger partial charge in [-0.05, 0) is 34.6 Å². The molecule has 0 bridgehead atoms. The molecule has 1 atom stereocenters. The lowest BCUT2D eigenvalue weighted by Gasteiger charge is -2.16. The van der Waals surface area contributed by atoms with Crippen LogP contribution in [-0.2, 0) is 0 Å². The van der Waals surface area contributed by atoms with Crippen LogP contribution in [0.3, 0.4) is 0 Å². The van der Waals surface area contributed by atoms with Gasteiger partial charge in [-0.15, -0.1) is 0 Å². The largest absolute Gasteiger partial charge is 0.391 e. The number of anilines is 1. The Labute approximate surface area is 114 Å². The van der Waals surface area contributed by atoms with E-state index in [1.807, 2.05) is 36.4 Å². The second-order valence-corrected chi connectivity index (χ2v) is 5.28. The highest BCUT2D eigenvalue weighted by Crippen LogP contribution is 2.23. The minimum absolute atomic E-state index is 0.0735. The van der Waals surface area contributed by atoms with Crippen molar-refractivity contribution < 1.29 is 10.0 Å². The van der Waals surface area contributed by atoms with E-state index in [0.717, 1.165) is 9.26 Å². The van der Waals surface area contributed by atoms with E-state index in [2.05, 4.69) is 5.32 Å². The summed E-state index contributed by atoms with van der Waals surface area (Å²) in [4.78, 5) is 10.1. The molecule has 94 valence electrons. The first kappa shape index (κ1) is 14.2. The molecule has 0 saturated carbocycles. The van der Waals surface area contributed by atoms with E-state index in [-0.39, 0.29) is 11.6 Å². The fraction of sp³-hybridized carbons (Fsp3) is 0.455. The summed E-state index contributed by atoms with van der Waals surface area (Å²) in [7, 11) is 0. The van der Waals surface area contributed by atoms with Gasteiger partial charge in [0.2, 0.25) is 0 Å². The summed E-state index contributed by atoms with van der Waals surface area (Å²) >= 11 is 2.03. The van der Waals surface area contributed by atoms with Crippen LogP contribution in [0.4, 0.5) is 11.4 Å². The first-order chi connectivity index (χ1) is 7.91. The van der Waals surface area contributed by atoms with Crippen molar-refractivity contribution in [2.45, 2.75) is 20.0 Å². The van der Waals surface area contributed by atoms with E-state index in [1.165, 1.54) is 12.1 Å². The molecule has 1 aromatic carbocycles. The van der Waals surface area contributed by atoms with Crippen molar-refractivity contribution >= 4 is 34.0 Å². The van der Waals surface area contributed by atoms with Crippen molar-refractivity contribution in [3.63, 3.8) is 0 Å². The molecule has 0 aliphatic carbocycles. The van der Waals surface area contributed by atoms with Gasteiger partial charge in [-0.1, -0.05) is 13.8 Å². The van der Waals surface area contributed by atoms with Gasteiger partial charge in [0.05, 0.1) is 11.0 Å². The molecule has 0 saturated heterocycles. The van der Waals surface area contributed by atoms with Crippen LogP contribution in [0.15, 0.2) is 18.2 Å². The lowest BCUT2D eigenvalue weighted by molar-refractivity contribution is -0.384. The zero-order chi connectivity index (χ0) is 13.0. The molecule has 5 nitrogen and oxygen atoms in total. The fourth-order valence-corrected chi connectivity index (χ4v) is 1.90. The molecule has 1 aromatic rings. The number of aliphatic hydroxyl groups excluding tert-OH is 1. The monoisotopic (exact) mass is 350 g/mol. The first-order valence-electron chi connectivity index (χ1n) is 5.27. The Morgan fingerprint density at radius 2 is 2.18 bits per heavy atom. The van der Waals surface area contributed by atoms with E-state index in [1.54, 1.807) is 6.07 Å². The van der Waals surface area contributed by atoms with Gasteiger partial charge < -0.3 is 10.4 Å². The van der Waals surface area contributed by atoms with E-state index >= 15 is 0 Å². The maximum atomic E-state index is 10.6. The Balaban J connectivity index is 2.70. The van der Waals surface area contributed by atoms with Crippen molar-refractivity contribution in [2.75, 3.05) is 11.9 Å². The third-order valence-electron chi connectivity index (χ3n) is 2.43. The average Bonchev–Trinajstić information content (AvgIpc) is 2.26. The van der Waals surface area contributed by atoms with Crippen molar-refractivity contribution in [1.29, 1.82) is 0 Å². The van der Waals surface area contributed by atoms with Crippen LogP contribution in [0, 0.1) is 19.6 Å². The summed E-state index contributed by atoms with van der Waals surface area (Å²) in [6.07, 6.45) is -0.430. The number of benzene rings is 1. The Morgan fingerprint density at radius 3 is 2.65 bits per heavy atom. The summed E-state index contributed by atoms with van der Waals surface area (Å²) < 4.78 is 0.771. The van der Waals surface area contributed by atoms with Crippen LogP contribution in [-0.4, -0.2) is 22.7 Å². The molecule has 0 aliphatic heterocycles. The number of nitrogens with one attached hydrogen (secondary N) is 1. The maximum absolute atomic E-state index is 10.6. The molecule has 0 radical (unpaired) electrons. The van der Waals surface area contributed by atoms with Gasteiger partial charge in [0, 0.05) is 27.9 Å². The summed E-state index contributed by atoms with van der Waals surface area (Å²) in [5.41, 5.74) is 0.875. The molecular formula is C11H15IN2O3. The smallest absolute Gasteiger partial charge is 0.270 e. The molecular weight excluding hydrogens is 335 g/mol. The summed E-state index contributed by atoms with van der Waals surface area (Å²) in [5.74, 6) is 0.179. The zero-order valence-corrected chi connectivity index (χ0v) is 11.8. The normalized spacial score (nSPS) is 12.5. The van der Waals surface area contributed by atoms with Gasteiger partial charge in [-0.2, -0.15) is 0 Å². The standard InChI is InChI=1S/C11H15IN2O3/c1-7(2)11(15)6-13-10-4-3-8(14(16)17)5-9(10)12/h3-5,7,11,13,15H,6H2,1-2H3. The molecule has 0 aromatic heterocycles. The minimum Gasteiger partial charge on any atom is -0.391 e. The van der Waals surface area contributed by atoms with Crippen LogP contribution in [0.1, 0.15) is 13.8 Å². The zero-order valence-electron chi connectivity index (χ0n) is 9.68. The van der Waals surface area contributed by atoms with E-state index in [4.69, 9.17) is 0 Å². The predicted molar refractivity (Wildman–Crippen MR) is 75.1 cm³/mol. The van der Waals surface area contributed by atoms with E-state index < -0.39 is 11.0 Å². The Hall–Kier alpha value is -0.890. The van der Waals surface area contributed by atoms with Crippen molar-refractivity contribution in [2.24, 2.45) is 5.92 Å². The molecule has 0 fully saturated rings. The second kappa shape index (κ2) is 6.15. The van der Waals surface area contributed by atoms with Crippen LogP contribution in [0.25, 0.3) is 0 Å². The number of nitro groups is 1. The number of non-ortho nitro benzene ring substituents is 1. The molecule has 2 N–H and O–H groups in total. The lowest BCUT2D eigenvalue weighted by atomic mass is 10.1. The number of halogens is 1. The fourth-order valence-electron chi connectivity index (χ4n) is 1.21. The molecule has 1 rings (SSSR count). The quantitative estimate of drug-likeness (QED) is 0.486. The number of nitrogens with zero attached hydrogens (tertiary/aromatic N) is 1. The highest BCUT2D eigenvalue weighted by atomic mass is 127. The third kappa shape index (κ3) is 4.12. The molecule has 6 heteroatoms. The minimum atomic E-state index is -0.430. The number of aliphatic hydroxyl groups is 1. The summed E-state index contributed by atoms with van der Waals surface area (Å²) in [6.45, 7) is 4.31. The Bertz CT molecular complexity index is 410. The highest BCUT2D eigenvalue weighted by molar-refractivity contribution is 14.1. The van der Waals surface area contributed by atoms with Crippen LogP contribution < -0.4 is 5.32 Å². The van der Waals surface area contributed by atoms with Crippen molar-refractivity contribution in [1.82, 2.24) is 0 Å². The molecule has 0 heterocycles. The second-order valence-electron chi connectivity index (χ2n) is 4.11. The number of hydrogen-bond acceptors (Lipinski definition) is 4. The van der Waals surface area contributed by atoms with Gasteiger partial charge >= 0.3 is 0 Å². The van der Waals surface area contributed by atoms with Gasteiger partial charge in [0.1, 0.15) is 0 Å². The summed E-state index contributed by atoms with van der Waals surface area (Å²) in [5, 5.41) is 23.3. The van der Waals surface area contributed by atoms with Crippen LogP contribution in [0.5, 0.6) is 0 Å². The van der Waals surface area contributed by atoms with Gasteiger partial charge in [0.15, 0.2) is 0 Å². The molecule has 17 heavy (non-hydrogen) atoms. The van der Waals surface area contributed by atoms with Gasteiger partial charge in [-0.25, -0.2) is 0 Å². The van der Waals surface area contributed by atoms with Crippen LogP contribution >= 0.6 is 22.6 Å². The number of rotatable bonds is 5. The predicted octanol–water partition coefficient (Wildman–Crippen LogP) is 2.63. The van der Waals surface area contributed by atoms with Gasteiger partial charge in [0.25, 0.3) is 5.69 Å². The Morgan fingerprint density at radius 1 is 1.53 bits per heavy atom. The molecule has 0 spiro atoms. The molecule has 0 amide bonds. The average molecular weight is 350 g/mol. The topological polar surface area (TPSA) is 75.4 Å².